The molecule has 1 aromatic carbocycles. The first-order chi connectivity index (χ1) is 8.61. The molecule has 0 atom stereocenters. The Balaban J connectivity index is 2.19. The fraction of sp³-hybridized carbons (Fsp3) is 0.333. The highest BCUT2D eigenvalue weighted by atomic mass is 16.5. The zero-order chi connectivity index (χ0) is 13.4. The van der Waals surface area contributed by atoms with Gasteiger partial charge in [-0.15, -0.1) is 0 Å². The molecule has 0 saturated heterocycles. The average Bonchev–Trinajstić information content (AvgIpc) is 2.38. The molecule has 1 rings (SSSR count). The summed E-state index contributed by atoms with van der Waals surface area (Å²) in [6, 6.07) is 6.91. The van der Waals surface area contributed by atoms with Crippen LogP contribution in [0.5, 0.6) is 5.75 Å². The van der Waals surface area contributed by atoms with E-state index in [0.29, 0.717) is 11.4 Å². The van der Waals surface area contributed by atoms with Crippen LogP contribution in [0, 0.1) is 0 Å². The first kappa shape index (κ1) is 13.8. The number of ether oxygens (including phenoxy) is 1. The Bertz CT molecular complexity index is 404. The summed E-state index contributed by atoms with van der Waals surface area (Å²) in [5.41, 5.74) is 6.19. The van der Waals surface area contributed by atoms with Gasteiger partial charge in [0, 0.05) is 12.7 Å². The topological polar surface area (TPSA) is 93.5 Å². The van der Waals surface area contributed by atoms with Gasteiger partial charge in [0.2, 0.25) is 11.8 Å². The summed E-state index contributed by atoms with van der Waals surface area (Å²) < 4.78 is 5.35. The molecule has 6 nitrogen and oxygen atoms in total. The predicted molar refractivity (Wildman–Crippen MR) is 68.0 cm³/mol. The van der Waals surface area contributed by atoms with Gasteiger partial charge in [0.15, 0.2) is 0 Å². The van der Waals surface area contributed by atoms with Crippen LogP contribution in [0.1, 0.15) is 6.42 Å². The fourth-order valence-electron chi connectivity index (χ4n) is 1.18. The second-order valence-corrected chi connectivity index (χ2v) is 3.62. The van der Waals surface area contributed by atoms with Gasteiger partial charge >= 0.3 is 0 Å². The van der Waals surface area contributed by atoms with Gasteiger partial charge in [-0.05, 0) is 24.3 Å². The van der Waals surface area contributed by atoms with Crippen LogP contribution >= 0.6 is 0 Å². The van der Waals surface area contributed by atoms with Crippen LogP contribution in [0.3, 0.4) is 0 Å². The van der Waals surface area contributed by atoms with E-state index in [1.54, 1.807) is 24.3 Å². The van der Waals surface area contributed by atoms with Crippen molar-refractivity contribution in [3.05, 3.63) is 24.3 Å². The molecular formula is C12H17N3O3. The number of nitrogens with one attached hydrogen (secondary N) is 2. The smallest absolute Gasteiger partial charge is 0.239 e. The van der Waals surface area contributed by atoms with Gasteiger partial charge < -0.3 is 21.1 Å². The number of amides is 2. The number of rotatable bonds is 6. The van der Waals surface area contributed by atoms with Gasteiger partial charge in [0.25, 0.3) is 0 Å². The summed E-state index contributed by atoms with van der Waals surface area (Å²) in [6.45, 7) is 0.237. The third-order valence-electron chi connectivity index (χ3n) is 2.20. The van der Waals surface area contributed by atoms with E-state index in [-0.39, 0.29) is 31.4 Å². The minimum absolute atomic E-state index is 0.0167. The molecule has 0 aliphatic carbocycles. The van der Waals surface area contributed by atoms with Crippen molar-refractivity contribution in [3.8, 4) is 5.75 Å². The van der Waals surface area contributed by atoms with Crippen molar-refractivity contribution in [2.24, 2.45) is 0 Å². The normalized spacial score (nSPS) is 9.61. The van der Waals surface area contributed by atoms with Crippen LogP contribution in [0.25, 0.3) is 0 Å². The van der Waals surface area contributed by atoms with Crippen LogP contribution in [0.2, 0.25) is 0 Å². The highest BCUT2D eigenvalue weighted by molar-refractivity contribution is 5.84. The number of carbonyl (C=O) groups is 2. The molecule has 0 saturated carbocycles. The summed E-state index contributed by atoms with van der Waals surface area (Å²) in [6.07, 6.45) is 0.196. The highest BCUT2D eigenvalue weighted by Gasteiger charge is 2.04. The molecule has 4 N–H and O–H groups in total. The number of carbonyl (C=O) groups excluding carboxylic acids is 2. The van der Waals surface area contributed by atoms with E-state index in [9.17, 15) is 9.59 Å². The number of nitrogen functional groups attached to an aromatic ring is 1. The molecule has 0 spiro atoms. The summed E-state index contributed by atoms with van der Waals surface area (Å²) in [5, 5.41) is 4.89. The Morgan fingerprint density at radius 1 is 1.22 bits per heavy atom. The van der Waals surface area contributed by atoms with Gasteiger partial charge in [0.1, 0.15) is 5.75 Å². The molecule has 98 valence electrons. The van der Waals surface area contributed by atoms with Crippen molar-refractivity contribution < 1.29 is 14.3 Å². The number of hydrogen-bond donors (Lipinski definition) is 3. The average molecular weight is 251 g/mol. The van der Waals surface area contributed by atoms with Crippen molar-refractivity contribution in [1.29, 1.82) is 0 Å². The number of benzene rings is 1. The quantitative estimate of drug-likeness (QED) is 0.615. The zero-order valence-electron chi connectivity index (χ0n) is 10.2. The van der Waals surface area contributed by atoms with Gasteiger partial charge in [-0.3, -0.25) is 9.59 Å². The van der Waals surface area contributed by atoms with E-state index in [1.165, 1.54) is 7.05 Å². The van der Waals surface area contributed by atoms with Crippen LogP contribution < -0.4 is 21.1 Å². The molecule has 0 aromatic heterocycles. The van der Waals surface area contributed by atoms with Crippen molar-refractivity contribution in [2.75, 3.05) is 25.9 Å². The molecule has 1 aromatic rings. The Hall–Kier alpha value is -2.24. The molecule has 2 amide bonds. The van der Waals surface area contributed by atoms with Gasteiger partial charge in [0.05, 0.1) is 19.6 Å². The van der Waals surface area contributed by atoms with Crippen LogP contribution in [-0.2, 0) is 9.59 Å². The third kappa shape index (κ3) is 5.20. The van der Waals surface area contributed by atoms with Crippen LogP contribution in [0.4, 0.5) is 5.69 Å². The predicted octanol–water partition coefficient (Wildman–Crippen LogP) is -0.100. The number of hydrogen-bond acceptors (Lipinski definition) is 4. The number of likely N-dealkylation sites (N-methyl/N-ethyl adjacent to an activating group) is 1. The molecule has 0 radical (unpaired) electrons. The Labute approximate surface area is 105 Å². The summed E-state index contributed by atoms with van der Waals surface area (Å²) in [5.74, 6) is 0.195. The summed E-state index contributed by atoms with van der Waals surface area (Å²) >= 11 is 0. The number of anilines is 1. The maximum atomic E-state index is 11.3. The van der Waals surface area contributed by atoms with E-state index in [4.69, 9.17) is 10.5 Å². The maximum absolute atomic E-state index is 11.3. The van der Waals surface area contributed by atoms with Gasteiger partial charge in [-0.1, -0.05) is 0 Å². The molecule has 6 heteroatoms. The maximum Gasteiger partial charge on any atom is 0.239 e. The summed E-state index contributed by atoms with van der Waals surface area (Å²) in [7, 11) is 1.51. The third-order valence-corrected chi connectivity index (χ3v) is 2.20. The zero-order valence-corrected chi connectivity index (χ0v) is 10.2. The Kier molecular flexibility index (Phi) is 5.50. The van der Waals surface area contributed by atoms with Crippen molar-refractivity contribution in [2.45, 2.75) is 6.42 Å². The van der Waals surface area contributed by atoms with Gasteiger partial charge in [-0.25, -0.2) is 0 Å². The molecule has 18 heavy (non-hydrogen) atoms. The highest BCUT2D eigenvalue weighted by Crippen LogP contribution is 2.12. The van der Waals surface area contributed by atoms with Crippen molar-refractivity contribution in [1.82, 2.24) is 10.6 Å². The van der Waals surface area contributed by atoms with Crippen LogP contribution in [0.15, 0.2) is 24.3 Å². The second-order valence-electron chi connectivity index (χ2n) is 3.62. The SMILES string of the molecule is CNC(=O)CNC(=O)CCOc1ccc(N)cc1. The fourth-order valence-corrected chi connectivity index (χ4v) is 1.18. The standard InChI is InChI=1S/C12H17N3O3/c1-14-12(17)8-15-11(16)6-7-18-10-4-2-9(13)3-5-10/h2-5H,6-8,13H2,1H3,(H,14,17)(H,15,16). The lowest BCUT2D eigenvalue weighted by Gasteiger charge is -2.07. The molecule has 0 bridgehead atoms. The van der Waals surface area contributed by atoms with Crippen molar-refractivity contribution in [3.63, 3.8) is 0 Å². The van der Waals surface area contributed by atoms with Crippen molar-refractivity contribution >= 4 is 17.5 Å². The van der Waals surface area contributed by atoms with E-state index in [1.807, 2.05) is 0 Å². The van der Waals surface area contributed by atoms with Gasteiger partial charge in [-0.2, -0.15) is 0 Å². The van der Waals surface area contributed by atoms with E-state index in [2.05, 4.69) is 10.6 Å². The lowest BCUT2D eigenvalue weighted by atomic mass is 10.3. The number of nitrogens with two attached hydrogens (primary N) is 1. The van der Waals surface area contributed by atoms with Crippen LogP contribution in [-0.4, -0.2) is 32.0 Å². The Morgan fingerprint density at radius 3 is 2.50 bits per heavy atom. The van der Waals surface area contributed by atoms with E-state index < -0.39 is 0 Å². The first-order valence-electron chi connectivity index (χ1n) is 5.57. The largest absolute Gasteiger partial charge is 0.493 e. The molecule has 0 aliphatic heterocycles. The molecular weight excluding hydrogens is 234 g/mol. The second kappa shape index (κ2) is 7.16. The lowest BCUT2D eigenvalue weighted by molar-refractivity contribution is -0.126. The van der Waals surface area contributed by atoms with E-state index in [0.717, 1.165) is 0 Å². The minimum atomic E-state index is -0.234. The van der Waals surface area contributed by atoms with E-state index >= 15 is 0 Å². The molecule has 0 heterocycles. The summed E-state index contributed by atoms with van der Waals surface area (Å²) in [4.78, 5) is 22.2. The molecule has 0 fully saturated rings. The Morgan fingerprint density at radius 2 is 1.89 bits per heavy atom. The molecule has 0 unspecified atom stereocenters. The monoisotopic (exact) mass is 251 g/mol. The minimum Gasteiger partial charge on any atom is -0.493 e. The first-order valence-corrected chi connectivity index (χ1v) is 5.57. The lowest BCUT2D eigenvalue weighted by Crippen LogP contribution is -2.35. The molecule has 0 aliphatic rings.